The molecule has 0 fully saturated rings. The van der Waals surface area contributed by atoms with E-state index in [0.29, 0.717) is 23.1 Å². The third kappa shape index (κ3) is 5.79. The number of thiophene rings is 1. The van der Waals surface area contributed by atoms with Crippen LogP contribution in [0.2, 0.25) is 5.02 Å². The number of aromatic nitrogens is 3. The van der Waals surface area contributed by atoms with Crippen molar-refractivity contribution in [1.29, 1.82) is 0 Å². The first-order chi connectivity index (χ1) is 15.6. The molecular formula is C24H23ClN4OS2. The number of hydrogen-bond acceptors (Lipinski definition) is 5. The van der Waals surface area contributed by atoms with E-state index in [1.54, 1.807) is 11.3 Å². The number of thioether (sulfide) groups is 1. The van der Waals surface area contributed by atoms with Crippen molar-refractivity contribution in [2.45, 2.75) is 30.2 Å². The molecule has 0 aliphatic heterocycles. The molecule has 0 bridgehead atoms. The summed E-state index contributed by atoms with van der Waals surface area (Å²) in [6.45, 7) is 2.51. The number of carbonyl (C=O) groups excluding carboxylic acids is 1. The van der Waals surface area contributed by atoms with Gasteiger partial charge in [-0.2, -0.15) is 0 Å². The smallest absolute Gasteiger partial charge is 0.233 e. The van der Waals surface area contributed by atoms with Gasteiger partial charge in [-0.1, -0.05) is 59.8 Å². The zero-order valence-corrected chi connectivity index (χ0v) is 20.0. The molecule has 5 nitrogen and oxygen atoms in total. The standard InChI is InChI=1S/C24H23ClN4OS2/c1-17(23(30)26-14-13-21-8-5-15-31-21)32-24-28-27-22(16-18-6-3-2-4-7-18)29(24)20-11-9-19(25)10-12-20/h2-12,15,17H,13-14,16H2,1H3,(H,26,30)/t17-/m1/s1. The Hall–Kier alpha value is -2.61. The Morgan fingerprint density at radius 1 is 1.09 bits per heavy atom. The number of rotatable bonds is 9. The highest BCUT2D eigenvalue weighted by Gasteiger charge is 2.21. The molecule has 8 heteroatoms. The van der Waals surface area contributed by atoms with E-state index in [1.807, 2.05) is 65.4 Å². The lowest BCUT2D eigenvalue weighted by Gasteiger charge is -2.14. The molecule has 0 radical (unpaired) electrons. The van der Waals surface area contributed by atoms with Crippen LogP contribution in [-0.4, -0.2) is 32.5 Å². The molecule has 0 unspecified atom stereocenters. The van der Waals surface area contributed by atoms with Crippen LogP contribution in [0, 0.1) is 0 Å². The summed E-state index contributed by atoms with van der Waals surface area (Å²) >= 11 is 9.20. The second-order valence-corrected chi connectivity index (χ2v) is 10.0. The minimum absolute atomic E-state index is 0.0122. The largest absolute Gasteiger partial charge is 0.355 e. The van der Waals surface area contributed by atoms with E-state index in [1.165, 1.54) is 16.6 Å². The van der Waals surface area contributed by atoms with Crippen LogP contribution in [0.5, 0.6) is 0 Å². The first-order valence-corrected chi connectivity index (χ1v) is 12.4. The number of carbonyl (C=O) groups is 1. The predicted octanol–water partition coefficient (Wildman–Crippen LogP) is 5.41. The van der Waals surface area contributed by atoms with Crippen molar-refractivity contribution in [3.63, 3.8) is 0 Å². The van der Waals surface area contributed by atoms with Crippen LogP contribution >= 0.6 is 34.7 Å². The van der Waals surface area contributed by atoms with Gasteiger partial charge in [0.2, 0.25) is 5.91 Å². The Morgan fingerprint density at radius 3 is 2.59 bits per heavy atom. The summed E-state index contributed by atoms with van der Waals surface area (Å²) < 4.78 is 2.00. The molecule has 0 aliphatic carbocycles. The van der Waals surface area contributed by atoms with Gasteiger partial charge >= 0.3 is 0 Å². The molecule has 0 saturated heterocycles. The molecule has 32 heavy (non-hydrogen) atoms. The lowest BCUT2D eigenvalue weighted by molar-refractivity contribution is -0.120. The average molecular weight is 483 g/mol. The number of benzene rings is 2. The first kappa shape index (κ1) is 22.6. The van der Waals surface area contributed by atoms with E-state index in [-0.39, 0.29) is 11.2 Å². The molecule has 0 saturated carbocycles. The molecule has 1 atom stereocenters. The normalized spacial score (nSPS) is 11.9. The Morgan fingerprint density at radius 2 is 1.88 bits per heavy atom. The fourth-order valence-electron chi connectivity index (χ4n) is 3.24. The summed E-state index contributed by atoms with van der Waals surface area (Å²) in [5.41, 5.74) is 2.06. The molecule has 2 aromatic carbocycles. The zero-order chi connectivity index (χ0) is 22.3. The predicted molar refractivity (Wildman–Crippen MR) is 132 cm³/mol. The summed E-state index contributed by atoms with van der Waals surface area (Å²) in [4.78, 5) is 13.9. The van der Waals surface area contributed by atoms with Crippen LogP contribution < -0.4 is 5.32 Å². The first-order valence-electron chi connectivity index (χ1n) is 10.3. The molecule has 0 aliphatic rings. The molecule has 4 rings (SSSR count). The monoisotopic (exact) mass is 482 g/mol. The van der Waals surface area contributed by atoms with Gasteiger partial charge in [-0.25, -0.2) is 0 Å². The van der Waals surface area contributed by atoms with E-state index in [0.717, 1.165) is 23.5 Å². The van der Waals surface area contributed by atoms with Crippen LogP contribution in [0.25, 0.3) is 5.69 Å². The number of nitrogens with zero attached hydrogens (tertiary/aromatic N) is 3. The van der Waals surface area contributed by atoms with Crippen molar-refractivity contribution in [2.75, 3.05) is 6.54 Å². The topological polar surface area (TPSA) is 59.8 Å². The van der Waals surface area contributed by atoms with Gasteiger partial charge in [-0.3, -0.25) is 9.36 Å². The van der Waals surface area contributed by atoms with E-state index in [2.05, 4.69) is 33.7 Å². The minimum atomic E-state index is -0.307. The van der Waals surface area contributed by atoms with Crippen molar-refractivity contribution in [3.05, 3.63) is 93.4 Å². The molecule has 2 heterocycles. The van der Waals surface area contributed by atoms with Gasteiger partial charge in [0.1, 0.15) is 5.82 Å². The molecule has 1 amide bonds. The fraction of sp³-hybridized carbons (Fsp3) is 0.208. The zero-order valence-electron chi connectivity index (χ0n) is 17.6. The van der Waals surface area contributed by atoms with Gasteiger partial charge in [0.15, 0.2) is 5.16 Å². The second-order valence-electron chi connectivity index (χ2n) is 7.25. The third-order valence-corrected chi connectivity index (χ3v) is 7.12. The van der Waals surface area contributed by atoms with Crippen molar-refractivity contribution in [1.82, 2.24) is 20.1 Å². The van der Waals surface area contributed by atoms with Crippen molar-refractivity contribution in [2.24, 2.45) is 0 Å². The summed E-state index contributed by atoms with van der Waals surface area (Å²) in [7, 11) is 0. The maximum atomic E-state index is 12.7. The van der Waals surface area contributed by atoms with E-state index in [4.69, 9.17) is 11.6 Å². The van der Waals surface area contributed by atoms with Crippen LogP contribution in [-0.2, 0) is 17.6 Å². The minimum Gasteiger partial charge on any atom is -0.355 e. The summed E-state index contributed by atoms with van der Waals surface area (Å²) in [6, 6.07) is 21.8. The molecule has 0 spiro atoms. The summed E-state index contributed by atoms with van der Waals surface area (Å²) in [5.74, 6) is 0.799. The lowest BCUT2D eigenvalue weighted by Crippen LogP contribution is -2.32. The average Bonchev–Trinajstić information content (AvgIpc) is 3.45. The highest BCUT2D eigenvalue weighted by molar-refractivity contribution is 8.00. The number of halogens is 1. The van der Waals surface area contributed by atoms with Crippen LogP contribution in [0.4, 0.5) is 0 Å². The Labute approximate surface area is 200 Å². The van der Waals surface area contributed by atoms with Gasteiger partial charge in [0.25, 0.3) is 0 Å². The molecule has 2 aromatic heterocycles. The molecule has 164 valence electrons. The van der Waals surface area contributed by atoms with Crippen LogP contribution in [0.3, 0.4) is 0 Å². The quantitative estimate of drug-likeness (QED) is 0.324. The second kappa shape index (κ2) is 10.8. The maximum Gasteiger partial charge on any atom is 0.233 e. The summed E-state index contributed by atoms with van der Waals surface area (Å²) in [6.07, 6.45) is 1.47. The lowest BCUT2D eigenvalue weighted by atomic mass is 10.1. The third-order valence-electron chi connectivity index (χ3n) is 4.89. The van der Waals surface area contributed by atoms with Gasteiger partial charge in [0.05, 0.1) is 5.25 Å². The number of nitrogens with one attached hydrogen (secondary N) is 1. The van der Waals surface area contributed by atoms with Gasteiger partial charge in [-0.15, -0.1) is 21.5 Å². The fourth-order valence-corrected chi connectivity index (χ4v) is 4.98. The number of amides is 1. The SMILES string of the molecule is C[C@@H](Sc1nnc(Cc2ccccc2)n1-c1ccc(Cl)cc1)C(=O)NCCc1cccs1. The van der Waals surface area contributed by atoms with Gasteiger partial charge < -0.3 is 5.32 Å². The molecular weight excluding hydrogens is 460 g/mol. The highest BCUT2D eigenvalue weighted by atomic mass is 35.5. The Bertz CT molecular complexity index is 1140. The van der Waals surface area contributed by atoms with Crippen LogP contribution in [0.1, 0.15) is 23.2 Å². The van der Waals surface area contributed by atoms with E-state index < -0.39 is 0 Å². The van der Waals surface area contributed by atoms with Gasteiger partial charge in [0, 0.05) is 28.6 Å². The molecule has 4 aromatic rings. The highest BCUT2D eigenvalue weighted by Crippen LogP contribution is 2.27. The Kier molecular flexibility index (Phi) is 7.63. The van der Waals surface area contributed by atoms with Crippen LogP contribution in [0.15, 0.2) is 77.3 Å². The van der Waals surface area contributed by atoms with Crippen molar-refractivity contribution >= 4 is 40.6 Å². The molecule has 1 N–H and O–H groups in total. The number of hydrogen-bond donors (Lipinski definition) is 1. The maximum absolute atomic E-state index is 12.7. The Balaban J connectivity index is 1.50. The van der Waals surface area contributed by atoms with Gasteiger partial charge in [-0.05, 0) is 54.6 Å². The summed E-state index contributed by atoms with van der Waals surface area (Å²) in [5, 5.41) is 15.0. The van der Waals surface area contributed by atoms with Crippen molar-refractivity contribution < 1.29 is 4.79 Å². The van der Waals surface area contributed by atoms with Crippen molar-refractivity contribution in [3.8, 4) is 5.69 Å². The van der Waals surface area contributed by atoms with E-state index >= 15 is 0 Å². The van der Waals surface area contributed by atoms with E-state index in [9.17, 15) is 4.79 Å².